The highest BCUT2D eigenvalue weighted by Crippen LogP contribution is 2.43. The smallest absolute Gasteiger partial charge is 0.186 e. The van der Waals surface area contributed by atoms with E-state index < -0.39 is 0 Å². The molecule has 2 saturated heterocycles. The van der Waals surface area contributed by atoms with Gasteiger partial charge in [-0.1, -0.05) is 30.9 Å². The fourth-order valence-electron chi connectivity index (χ4n) is 6.44. The normalized spacial score (nSPS) is 23.3. The Morgan fingerprint density at radius 3 is 2.58 bits per heavy atom. The molecule has 3 N–H and O–H groups in total. The molecular formula is C31H43ClN8O2S. The quantitative estimate of drug-likeness (QED) is 0.279. The second kappa shape index (κ2) is 13.0. The van der Waals surface area contributed by atoms with Crippen molar-refractivity contribution in [2.24, 2.45) is 5.92 Å². The molecule has 0 spiro atoms. The van der Waals surface area contributed by atoms with E-state index in [1.807, 2.05) is 0 Å². The van der Waals surface area contributed by atoms with Crippen LogP contribution in [0.4, 0.5) is 28.0 Å². The summed E-state index contributed by atoms with van der Waals surface area (Å²) in [6.45, 7) is 12.2. The number of hydrogen-bond acceptors (Lipinski definition) is 11. The monoisotopic (exact) mass is 626 g/mol. The van der Waals surface area contributed by atoms with Crippen molar-refractivity contribution >= 4 is 50.9 Å². The van der Waals surface area contributed by atoms with Crippen LogP contribution >= 0.6 is 22.9 Å². The minimum Gasteiger partial charge on any atom is -0.496 e. The Labute approximate surface area is 263 Å². The predicted molar refractivity (Wildman–Crippen MR) is 176 cm³/mol. The van der Waals surface area contributed by atoms with Crippen LogP contribution in [0.3, 0.4) is 0 Å². The summed E-state index contributed by atoms with van der Waals surface area (Å²) in [5.74, 6) is 2.17. The molecule has 1 aromatic carbocycles. The molecule has 3 atom stereocenters. The number of halogens is 1. The zero-order valence-electron chi connectivity index (χ0n) is 25.6. The van der Waals surface area contributed by atoms with E-state index >= 15 is 0 Å². The number of benzene rings is 1. The van der Waals surface area contributed by atoms with Gasteiger partial charge in [0.2, 0.25) is 0 Å². The van der Waals surface area contributed by atoms with E-state index in [0.717, 1.165) is 72.2 Å². The fraction of sp³-hybridized carbons (Fsp3) is 0.581. The van der Waals surface area contributed by atoms with Gasteiger partial charge in [-0.3, -0.25) is 4.90 Å². The number of aromatic nitrogens is 3. The highest BCUT2D eigenvalue weighted by molar-refractivity contribution is 7.14. The highest BCUT2D eigenvalue weighted by Gasteiger charge is 2.29. The van der Waals surface area contributed by atoms with Crippen LogP contribution in [0.25, 0.3) is 11.3 Å². The average Bonchev–Trinajstić information content (AvgIpc) is 3.45. The van der Waals surface area contributed by atoms with Crippen molar-refractivity contribution in [2.75, 3.05) is 67.2 Å². The number of ether oxygens (including phenoxy) is 2. The Bertz CT molecular complexity index is 1410. The first-order valence-corrected chi connectivity index (χ1v) is 16.6. The van der Waals surface area contributed by atoms with Crippen LogP contribution in [0.5, 0.6) is 5.75 Å². The van der Waals surface area contributed by atoms with Crippen molar-refractivity contribution in [3.63, 3.8) is 0 Å². The summed E-state index contributed by atoms with van der Waals surface area (Å²) in [5, 5.41) is 6.78. The van der Waals surface area contributed by atoms with Crippen molar-refractivity contribution in [2.45, 2.75) is 64.7 Å². The van der Waals surface area contributed by atoms with Gasteiger partial charge in [0, 0.05) is 55.8 Å². The first-order chi connectivity index (χ1) is 20.8. The van der Waals surface area contributed by atoms with Gasteiger partial charge in [0.05, 0.1) is 36.4 Å². The molecule has 0 radical (unpaired) electrons. The summed E-state index contributed by atoms with van der Waals surface area (Å²) in [4.78, 5) is 20.9. The maximum absolute atomic E-state index is 6.30. The van der Waals surface area contributed by atoms with E-state index in [1.165, 1.54) is 38.6 Å². The van der Waals surface area contributed by atoms with E-state index in [1.54, 1.807) is 18.4 Å². The van der Waals surface area contributed by atoms with E-state index in [9.17, 15) is 0 Å². The Hall–Kier alpha value is -2.86. The summed E-state index contributed by atoms with van der Waals surface area (Å²) in [7, 11) is 1.72. The number of methoxy groups -OCH3 is 1. The van der Waals surface area contributed by atoms with Gasteiger partial charge in [-0.15, -0.1) is 11.3 Å². The van der Waals surface area contributed by atoms with Gasteiger partial charge < -0.3 is 30.3 Å². The van der Waals surface area contributed by atoms with Gasteiger partial charge in [-0.2, -0.15) is 0 Å². The number of nitrogens with two attached hydrogens (primary N) is 1. The third kappa shape index (κ3) is 6.64. The van der Waals surface area contributed by atoms with Crippen LogP contribution in [-0.2, 0) is 4.74 Å². The lowest BCUT2D eigenvalue weighted by atomic mass is 9.83. The van der Waals surface area contributed by atoms with Crippen LogP contribution in [0.1, 0.15) is 46.5 Å². The molecule has 4 heterocycles. The van der Waals surface area contributed by atoms with Crippen molar-refractivity contribution in [1.29, 1.82) is 0 Å². The molecule has 232 valence electrons. The van der Waals surface area contributed by atoms with Crippen molar-refractivity contribution in [3.05, 3.63) is 29.0 Å². The largest absolute Gasteiger partial charge is 0.496 e. The molecule has 12 heteroatoms. The van der Waals surface area contributed by atoms with E-state index in [0.29, 0.717) is 17.5 Å². The third-order valence-electron chi connectivity index (χ3n) is 9.02. The first kappa shape index (κ1) is 30.2. The third-order valence-corrected chi connectivity index (χ3v) is 10.2. The minimum atomic E-state index is 0.159. The lowest BCUT2D eigenvalue weighted by Crippen LogP contribution is -2.52. The number of hydrogen-bond donors (Lipinski definition) is 2. The van der Waals surface area contributed by atoms with Gasteiger partial charge in [0.25, 0.3) is 0 Å². The van der Waals surface area contributed by atoms with Crippen molar-refractivity contribution in [3.8, 4) is 17.0 Å². The Balaban J connectivity index is 1.31. The summed E-state index contributed by atoms with van der Waals surface area (Å²) < 4.78 is 11.9. The van der Waals surface area contributed by atoms with Crippen LogP contribution in [-0.4, -0.2) is 84.5 Å². The van der Waals surface area contributed by atoms with Gasteiger partial charge in [-0.05, 0) is 45.7 Å². The van der Waals surface area contributed by atoms with Crippen LogP contribution in [0, 0.1) is 5.92 Å². The summed E-state index contributed by atoms with van der Waals surface area (Å²) in [6, 6.07) is 4.65. The van der Waals surface area contributed by atoms with Crippen molar-refractivity contribution in [1.82, 2.24) is 19.9 Å². The number of anilines is 5. The number of nitrogen functional groups attached to an aromatic ring is 1. The number of rotatable bonds is 9. The molecule has 2 aromatic heterocycles. The van der Waals surface area contributed by atoms with Crippen LogP contribution < -0.4 is 25.6 Å². The average molecular weight is 627 g/mol. The number of nitrogens with one attached hydrogen (secondary N) is 1. The number of morpholine rings is 1. The fourth-order valence-corrected chi connectivity index (χ4v) is 7.42. The van der Waals surface area contributed by atoms with E-state index in [2.05, 4.69) is 68.3 Å². The maximum atomic E-state index is 6.30. The number of thiazole rings is 1. The molecule has 3 aliphatic rings. The maximum Gasteiger partial charge on any atom is 0.186 e. The Morgan fingerprint density at radius 2 is 1.88 bits per heavy atom. The Morgan fingerprint density at radius 1 is 1.09 bits per heavy atom. The number of nitrogens with zero attached hydrogens (tertiary/aromatic N) is 6. The van der Waals surface area contributed by atoms with Gasteiger partial charge >= 0.3 is 0 Å². The van der Waals surface area contributed by atoms with Crippen molar-refractivity contribution < 1.29 is 9.47 Å². The second-order valence-electron chi connectivity index (χ2n) is 12.2. The molecule has 43 heavy (non-hydrogen) atoms. The zero-order chi connectivity index (χ0) is 30.1. The molecule has 3 fully saturated rings. The van der Waals surface area contributed by atoms with E-state index in [4.69, 9.17) is 31.8 Å². The van der Waals surface area contributed by atoms with E-state index in [-0.39, 0.29) is 17.4 Å². The molecule has 1 saturated carbocycles. The molecule has 0 amide bonds. The molecule has 0 bridgehead atoms. The lowest BCUT2D eigenvalue weighted by Gasteiger charge is -2.42. The summed E-state index contributed by atoms with van der Waals surface area (Å²) in [6.07, 6.45) is 7.25. The molecule has 2 aliphatic heterocycles. The SMILES string of the molecule is COc1cc(N2CCN(CCC3CCC3)[C@@H](C)C2)c(Nc2ncnc(Cl)c2N)cc1-c1csc(N2C[C@@H](C)O[C@@H](C)C2)n1. The first-order valence-electron chi connectivity index (χ1n) is 15.4. The highest BCUT2D eigenvalue weighted by atomic mass is 35.5. The molecule has 1 aliphatic carbocycles. The van der Waals surface area contributed by atoms with Gasteiger partial charge in [0.1, 0.15) is 17.8 Å². The molecule has 10 nitrogen and oxygen atoms in total. The van der Waals surface area contributed by atoms with Crippen LogP contribution in [0.15, 0.2) is 23.8 Å². The topological polar surface area (TPSA) is 105 Å². The lowest BCUT2D eigenvalue weighted by molar-refractivity contribution is -0.00522. The summed E-state index contributed by atoms with van der Waals surface area (Å²) in [5.41, 5.74) is 10.3. The molecule has 6 rings (SSSR count). The zero-order valence-corrected chi connectivity index (χ0v) is 27.1. The number of piperazine rings is 1. The minimum absolute atomic E-state index is 0.159. The molecule has 3 aromatic rings. The Kier molecular flexibility index (Phi) is 9.13. The molecular weight excluding hydrogens is 584 g/mol. The van der Waals surface area contributed by atoms with Gasteiger partial charge in [0.15, 0.2) is 16.1 Å². The predicted octanol–water partition coefficient (Wildman–Crippen LogP) is 5.90. The molecule has 0 unspecified atom stereocenters. The van der Waals surface area contributed by atoms with Gasteiger partial charge in [-0.25, -0.2) is 15.0 Å². The standard InChI is InChI=1S/C31H43ClN8O2S/c1-19-14-39(11-10-38(19)9-8-22-6-5-7-22)26-13-27(41-4)23(12-24(26)36-30-28(33)29(32)34-18-35-30)25-17-43-31(37-25)40-15-20(2)42-21(3)16-40/h12-13,17-22H,5-11,14-16,33H2,1-4H3,(H,34,35,36)/t19-,20-,21+/m0/s1. The van der Waals surface area contributed by atoms with Crippen LogP contribution in [0.2, 0.25) is 5.15 Å². The summed E-state index contributed by atoms with van der Waals surface area (Å²) >= 11 is 7.91. The second-order valence-corrected chi connectivity index (χ2v) is 13.4.